The highest BCUT2D eigenvalue weighted by Crippen LogP contribution is 2.37. The zero-order chi connectivity index (χ0) is 19.4. The SMILES string of the molecule is CC1(C)CCC(N(CCOc2ccc(Br)cc2)C(=O)OC(C)(C)C)CC1. The smallest absolute Gasteiger partial charge is 0.410 e. The normalized spacial score (nSPS) is 17.6. The molecule has 0 saturated heterocycles. The van der Waals surface area contributed by atoms with E-state index in [9.17, 15) is 4.79 Å². The minimum absolute atomic E-state index is 0.228. The lowest BCUT2D eigenvalue weighted by molar-refractivity contribution is 0.00425. The van der Waals surface area contributed by atoms with Crippen LogP contribution in [0.15, 0.2) is 28.7 Å². The van der Waals surface area contributed by atoms with E-state index in [1.165, 1.54) is 0 Å². The Morgan fingerprint density at radius 3 is 2.31 bits per heavy atom. The van der Waals surface area contributed by atoms with Crippen molar-refractivity contribution in [2.45, 2.75) is 71.9 Å². The van der Waals surface area contributed by atoms with Crippen molar-refractivity contribution < 1.29 is 14.3 Å². The number of hydrogen-bond acceptors (Lipinski definition) is 3. The van der Waals surface area contributed by atoms with Gasteiger partial charge in [-0.2, -0.15) is 0 Å². The number of nitrogens with zero attached hydrogens (tertiary/aromatic N) is 1. The van der Waals surface area contributed by atoms with Gasteiger partial charge in [0.05, 0.1) is 6.54 Å². The summed E-state index contributed by atoms with van der Waals surface area (Å²) in [5.41, 5.74) is -0.125. The summed E-state index contributed by atoms with van der Waals surface area (Å²) in [6.07, 6.45) is 4.06. The Labute approximate surface area is 166 Å². The van der Waals surface area contributed by atoms with Gasteiger partial charge in [-0.25, -0.2) is 4.79 Å². The van der Waals surface area contributed by atoms with Gasteiger partial charge in [0.1, 0.15) is 18.0 Å². The highest BCUT2D eigenvalue weighted by molar-refractivity contribution is 9.10. The summed E-state index contributed by atoms with van der Waals surface area (Å²) in [6.45, 7) is 11.3. The van der Waals surface area contributed by atoms with Crippen LogP contribution < -0.4 is 4.74 Å². The summed E-state index contributed by atoms with van der Waals surface area (Å²) in [7, 11) is 0. The van der Waals surface area contributed by atoms with Crippen molar-refractivity contribution in [1.82, 2.24) is 4.90 Å². The van der Waals surface area contributed by atoms with Crippen LogP contribution in [0.2, 0.25) is 0 Å². The molecule has 1 saturated carbocycles. The summed E-state index contributed by atoms with van der Waals surface area (Å²) >= 11 is 3.42. The average molecular weight is 426 g/mol. The second-order valence-corrected chi connectivity index (χ2v) is 9.79. The predicted molar refractivity (Wildman–Crippen MR) is 109 cm³/mol. The van der Waals surface area contributed by atoms with Crippen molar-refractivity contribution in [2.75, 3.05) is 13.2 Å². The van der Waals surface area contributed by atoms with E-state index in [2.05, 4.69) is 29.8 Å². The third-order valence-corrected chi connectivity index (χ3v) is 5.32. The number of hydrogen-bond donors (Lipinski definition) is 0. The summed E-state index contributed by atoms with van der Waals surface area (Å²) < 4.78 is 12.5. The third kappa shape index (κ3) is 6.82. The molecule has 1 aliphatic carbocycles. The first-order valence-electron chi connectivity index (χ1n) is 9.44. The van der Waals surface area contributed by atoms with Crippen molar-refractivity contribution in [2.24, 2.45) is 5.41 Å². The second-order valence-electron chi connectivity index (χ2n) is 8.87. The van der Waals surface area contributed by atoms with Gasteiger partial charge in [-0.15, -0.1) is 0 Å². The second kappa shape index (κ2) is 8.64. The minimum Gasteiger partial charge on any atom is -0.492 e. The fourth-order valence-corrected chi connectivity index (χ4v) is 3.50. The van der Waals surface area contributed by atoms with Gasteiger partial charge in [-0.05, 0) is 76.1 Å². The molecule has 1 fully saturated rings. The first-order valence-corrected chi connectivity index (χ1v) is 10.2. The van der Waals surface area contributed by atoms with E-state index in [1.807, 2.05) is 49.9 Å². The molecule has 0 bridgehead atoms. The van der Waals surface area contributed by atoms with Crippen molar-refractivity contribution >= 4 is 22.0 Å². The molecule has 0 radical (unpaired) electrons. The Kier molecular flexibility index (Phi) is 7.00. The molecule has 26 heavy (non-hydrogen) atoms. The first kappa shape index (κ1) is 21.1. The summed E-state index contributed by atoms with van der Waals surface area (Å²) in [4.78, 5) is 14.6. The zero-order valence-corrected chi connectivity index (χ0v) is 18.3. The molecule has 0 heterocycles. The highest BCUT2D eigenvalue weighted by Gasteiger charge is 2.34. The molecule has 0 spiro atoms. The molecule has 0 aromatic heterocycles. The Bertz CT molecular complexity index is 582. The van der Waals surface area contributed by atoms with Crippen LogP contribution in [-0.2, 0) is 4.74 Å². The largest absolute Gasteiger partial charge is 0.492 e. The Balaban J connectivity index is 1.98. The number of rotatable bonds is 5. The quantitative estimate of drug-likeness (QED) is 0.577. The van der Waals surface area contributed by atoms with Crippen molar-refractivity contribution in [1.29, 1.82) is 0 Å². The van der Waals surface area contributed by atoms with Gasteiger partial charge in [-0.1, -0.05) is 29.8 Å². The minimum atomic E-state index is -0.490. The first-order chi connectivity index (χ1) is 12.1. The fraction of sp³-hybridized carbons (Fsp3) is 0.667. The molecule has 0 aliphatic heterocycles. The Morgan fingerprint density at radius 1 is 1.19 bits per heavy atom. The van der Waals surface area contributed by atoms with E-state index in [0.29, 0.717) is 18.6 Å². The van der Waals surface area contributed by atoms with Crippen LogP contribution in [0.1, 0.15) is 60.3 Å². The standard InChI is InChI=1S/C21H32BrNO3/c1-20(2,3)26-19(24)23(17-10-12-21(4,5)13-11-17)14-15-25-18-8-6-16(22)7-9-18/h6-9,17H,10-15H2,1-5H3. The average Bonchev–Trinajstić information content (AvgIpc) is 2.52. The fourth-order valence-electron chi connectivity index (χ4n) is 3.23. The third-order valence-electron chi connectivity index (χ3n) is 4.79. The summed E-state index contributed by atoms with van der Waals surface area (Å²) in [5.74, 6) is 0.808. The number of carbonyl (C=O) groups is 1. The van der Waals surface area contributed by atoms with Crippen LogP contribution in [-0.4, -0.2) is 35.8 Å². The van der Waals surface area contributed by atoms with Crippen molar-refractivity contribution in [3.8, 4) is 5.75 Å². The summed E-state index contributed by atoms with van der Waals surface area (Å²) in [6, 6.07) is 7.97. The van der Waals surface area contributed by atoms with Gasteiger partial charge in [0.25, 0.3) is 0 Å². The maximum atomic E-state index is 12.7. The molecule has 1 aliphatic rings. The van der Waals surface area contributed by atoms with Gasteiger partial charge >= 0.3 is 6.09 Å². The number of carbonyl (C=O) groups excluding carboxylic acids is 1. The lowest BCUT2D eigenvalue weighted by Crippen LogP contribution is -2.47. The van der Waals surface area contributed by atoms with E-state index in [1.54, 1.807) is 0 Å². The molecule has 0 atom stereocenters. The molecular formula is C21H32BrNO3. The maximum Gasteiger partial charge on any atom is 0.410 e. The zero-order valence-electron chi connectivity index (χ0n) is 16.7. The highest BCUT2D eigenvalue weighted by atomic mass is 79.9. The number of ether oxygens (including phenoxy) is 2. The van der Waals surface area contributed by atoms with E-state index >= 15 is 0 Å². The van der Waals surface area contributed by atoms with Gasteiger partial charge in [0.15, 0.2) is 0 Å². The van der Waals surface area contributed by atoms with Gasteiger partial charge in [-0.3, -0.25) is 0 Å². The van der Waals surface area contributed by atoms with E-state index in [4.69, 9.17) is 9.47 Å². The molecule has 146 valence electrons. The molecule has 2 rings (SSSR count). The predicted octanol–water partition coefficient (Wildman–Crippen LogP) is 6.03. The van der Waals surface area contributed by atoms with E-state index in [-0.39, 0.29) is 12.1 Å². The van der Waals surface area contributed by atoms with Crippen LogP contribution in [0, 0.1) is 5.41 Å². The number of benzene rings is 1. The lowest BCUT2D eigenvalue weighted by atomic mass is 9.75. The van der Waals surface area contributed by atoms with Crippen molar-refractivity contribution in [3.05, 3.63) is 28.7 Å². The molecule has 4 nitrogen and oxygen atoms in total. The molecule has 0 unspecified atom stereocenters. The van der Waals surface area contributed by atoms with Crippen LogP contribution in [0.5, 0.6) is 5.75 Å². The van der Waals surface area contributed by atoms with Crippen molar-refractivity contribution in [3.63, 3.8) is 0 Å². The molecular weight excluding hydrogens is 394 g/mol. The topological polar surface area (TPSA) is 38.8 Å². The molecule has 0 N–H and O–H groups in total. The lowest BCUT2D eigenvalue weighted by Gasteiger charge is -2.40. The Morgan fingerprint density at radius 2 is 1.77 bits per heavy atom. The summed E-state index contributed by atoms with van der Waals surface area (Å²) in [5, 5.41) is 0. The number of amides is 1. The van der Waals surface area contributed by atoms with Crippen LogP contribution in [0.4, 0.5) is 4.79 Å². The maximum absolute atomic E-state index is 12.7. The van der Waals surface area contributed by atoms with E-state index in [0.717, 1.165) is 35.9 Å². The monoisotopic (exact) mass is 425 g/mol. The molecule has 1 aromatic rings. The van der Waals surface area contributed by atoms with Gasteiger partial charge in [0.2, 0.25) is 0 Å². The molecule has 1 aromatic carbocycles. The van der Waals surface area contributed by atoms with Gasteiger partial charge < -0.3 is 14.4 Å². The van der Waals surface area contributed by atoms with Crippen LogP contribution >= 0.6 is 15.9 Å². The van der Waals surface area contributed by atoms with Gasteiger partial charge in [0, 0.05) is 10.5 Å². The van der Waals surface area contributed by atoms with Crippen LogP contribution in [0.3, 0.4) is 0 Å². The number of halogens is 1. The van der Waals surface area contributed by atoms with Crippen LogP contribution in [0.25, 0.3) is 0 Å². The van der Waals surface area contributed by atoms with E-state index < -0.39 is 5.60 Å². The molecule has 5 heteroatoms. The Hall–Kier alpha value is -1.23. The molecule has 1 amide bonds.